The van der Waals surface area contributed by atoms with Crippen molar-refractivity contribution >= 4 is 34.2 Å². The minimum atomic E-state index is -0.565. The number of benzene rings is 1. The van der Waals surface area contributed by atoms with E-state index >= 15 is 0 Å². The second-order valence-electron chi connectivity index (χ2n) is 10.0. The van der Waals surface area contributed by atoms with Crippen LogP contribution in [-0.4, -0.2) is 33.4 Å². The van der Waals surface area contributed by atoms with E-state index in [2.05, 4.69) is 74.3 Å². The lowest BCUT2D eigenvalue weighted by molar-refractivity contribution is -0.124. The molecule has 6 nitrogen and oxygen atoms in total. The van der Waals surface area contributed by atoms with Gasteiger partial charge in [0.2, 0.25) is 5.91 Å². The highest BCUT2D eigenvalue weighted by Gasteiger charge is 2.25. The largest absolute Gasteiger partial charge is 0.352 e. The average Bonchev–Trinajstić information content (AvgIpc) is 3.50. The third-order valence-corrected chi connectivity index (χ3v) is 7.78. The van der Waals surface area contributed by atoms with E-state index in [0.717, 1.165) is 49.0 Å². The molecule has 0 saturated carbocycles. The molecule has 1 atom stereocenters. The summed E-state index contributed by atoms with van der Waals surface area (Å²) in [5, 5.41) is 8.19. The number of rotatable bonds is 13. The Balaban J connectivity index is 1.89. The molecule has 0 saturated heterocycles. The summed E-state index contributed by atoms with van der Waals surface area (Å²) in [7, 11) is 0. The van der Waals surface area contributed by atoms with Crippen LogP contribution in [0.1, 0.15) is 101 Å². The van der Waals surface area contributed by atoms with Gasteiger partial charge in [-0.1, -0.05) is 47.6 Å². The highest BCUT2D eigenvalue weighted by atomic mass is 32.1. The van der Waals surface area contributed by atoms with Gasteiger partial charge in [-0.05, 0) is 67.7 Å². The van der Waals surface area contributed by atoms with Crippen LogP contribution in [0.25, 0.3) is 11.0 Å². The number of hydrogen-bond donors (Lipinski definition) is 2. The van der Waals surface area contributed by atoms with Crippen LogP contribution in [0.3, 0.4) is 0 Å². The summed E-state index contributed by atoms with van der Waals surface area (Å²) in [6.45, 7) is 12.7. The highest BCUT2D eigenvalue weighted by molar-refractivity contribution is 7.09. The van der Waals surface area contributed by atoms with Gasteiger partial charge in [-0.25, -0.2) is 4.98 Å². The molecule has 0 aliphatic rings. The van der Waals surface area contributed by atoms with Gasteiger partial charge in [-0.2, -0.15) is 0 Å². The maximum atomic E-state index is 13.3. The number of fused-ring (bicyclic) bond motifs is 1. The summed E-state index contributed by atoms with van der Waals surface area (Å²) in [5.74, 6) is 0.962. The van der Waals surface area contributed by atoms with Crippen molar-refractivity contribution in [1.82, 2.24) is 20.2 Å². The molecular formula is C29H42N4O2S. The molecule has 7 heteroatoms. The van der Waals surface area contributed by atoms with Crippen molar-refractivity contribution in [1.29, 1.82) is 0 Å². The molecule has 2 N–H and O–H groups in total. The van der Waals surface area contributed by atoms with E-state index in [-0.39, 0.29) is 23.8 Å². The second-order valence-corrected chi connectivity index (χ2v) is 11.0. The number of thiophene rings is 1. The smallest absolute Gasteiger partial charge is 0.252 e. The second kappa shape index (κ2) is 13.0. The lowest BCUT2D eigenvalue weighted by Crippen LogP contribution is -2.50. The number of carbonyl (C=O) groups excluding carboxylic acids is 2. The van der Waals surface area contributed by atoms with Crippen LogP contribution in [0.2, 0.25) is 0 Å². The van der Waals surface area contributed by atoms with Gasteiger partial charge in [-0.15, -0.1) is 11.3 Å². The molecule has 0 bridgehead atoms. The summed E-state index contributed by atoms with van der Waals surface area (Å²) in [5.41, 5.74) is 2.41. The molecule has 0 aliphatic carbocycles. The minimum absolute atomic E-state index is 0.108. The van der Waals surface area contributed by atoms with Crippen molar-refractivity contribution in [3.63, 3.8) is 0 Å². The Morgan fingerprint density at radius 3 is 2.31 bits per heavy atom. The number of nitrogens with zero attached hydrogens (tertiary/aromatic N) is 2. The first kappa shape index (κ1) is 27.9. The van der Waals surface area contributed by atoms with Crippen molar-refractivity contribution in [2.24, 2.45) is 5.92 Å². The van der Waals surface area contributed by atoms with E-state index in [1.807, 2.05) is 18.2 Å². The Labute approximate surface area is 219 Å². The van der Waals surface area contributed by atoms with E-state index in [1.165, 1.54) is 4.88 Å². The van der Waals surface area contributed by atoms with Gasteiger partial charge < -0.3 is 15.2 Å². The van der Waals surface area contributed by atoms with Gasteiger partial charge in [0, 0.05) is 28.9 Å². The van der Waals surface area contributed by atoms with Crippen LogP contribution >= 0.6 is 11.3 Å². The van der Waals surface area contributed by atoms with Gasteiger partial charge in [-0.3, -0.25) is 9.59 Å². The van der Waals surface area contributed by atoms with Gasteiger partial charge >= 0.3 is 0 Å². The Morgan fingerprint density at radius 1 is 1.00 bits per heavy atom. The van der Waals surface area contributed by atoms with E-state index in [9.17, 15) is 9.59 Å². The Bertz CT molecular complexity index is 1130. The van der Waals surface area contributed by atoms with E-state index in [4.69, 9.17) is 4.98 Å². The van der Waals surface area contributed by atoms with Crippen LogP contribution in [-0.2, 0) is 11.2 Å². The predicted octanol–water partition coefficient (Wildman–Crippen LogP) is 6.50. The standard InChI is InChI=1S/C29H42N4O2S/c1-7-21(8-2)30-29(35)25(16-19(5)6)32-28(34)20-13-14-26-24(17-20)31-27(18-23-12-11-15-36-23)33(26)22(9-3)10-4/h11-15,17,19,21-22,25H,7-10,16,18H2,1-6H3,(H,30,35)(H,32,34). The summed E-state index contributed by atoms with van der Waals surface area (Å²) in [4.78, 5) is 32.5. The van der Waals surface area contributed by atoms with Crippen LogP contribution in [0, 0.1) is 5.92 Å². The lowest BCUT2D eigenvalue weighted by Gasteiger charge is -2.23. The highest BCUT2D eigenvalue weighted by Crippen LogP contribution is 2.28. The minimum Gasteiger partial charge on any atom is -0.352 e. The van der Waals surface area contributed by atoms with Crippen LogP contribution in [0.4, 0.5) is 0 Å². The zero-order valence-corrected chi connectivity index (χ0v) is 23.5. The van der Waals surface area contributed by atoms with Crippen molar-refractivity contribution in [3.05, 3.63) is 52.0 Å². The molecule has 196 valence electrons. The molecule has 2 heterocycles. The fourth-order valence-electron chi connectivity index (χ4n) is 4.78. The molecule has 3 aromatic rings. The van der Waals surface area contributed by atoms with Crippen LogP contribution < -0.4 is 10.6 Å². The number of aromatic nitrogens is 2. The van der Waals surface area contributed by atoms with E-state index < -0.39 is 6.04 Å². The third kappa shape index (κ3) is 6.75. The maximum Gasteiger partial charge on any atom is 0.252 e. The quantitative estimate of drug-likeness (QED) is 0.276. The molecule has 1 aromatic carbocycles. The summed E-state index contributed by atoms with van der Waals surface area (Å²) >= 11 is 1.74. The molecule has 0 radical (unpaired) electrons. The van der Waals surface area contributed by atoms with E-state index in [0.29, 0.717) is 18.0 Å². The zero-order chi connectivity index (χ0) is 26.2. The van der Waals surface area contributed by atoms with Crippen LogP contribution in [0.15, 0.2) is 35.7 Å². The molecule has 0 fully saturated rings. The lowest BCUT2D eigenvalue weighted by atomic mass is 10.0. The Morgan fingerprint density at radius 2 is 1.72 bits per heavy atom. The van der Waals surface area contributed by atoms with Gasteiger partial charge in [0.25, 0.3) is 5.91 Å². The van der Waals surface area contributed by atoms with Gasteiger partial charge in [0.1, 0.15) is 11.9 Å². The molecule has 2 aromatic heterocycles. The molecule has 36 heavy (non-hydrogen) atoms. The fraction of sp³-hybridized carbons (Fsp3) is 0.552. The number of imidazole rings is 1. The topological polar surface area (TPSA) is 76.0 Å². The molecule has 3 rings (SSSR count). The number of hydrogen-bond acceptors (Lipinski definition) is 4. The number of amides is 2. The van der Waals surface area contributed by atoms with Crippen molar-refractivity contribution < 1.29 is 9.59 Å². The maximum absolute atomic E-state index is 13.3. The van der Waals surface area contributed by atoms with Gasteiger partial charge in [0.15, 0.2) is 0 Å². The third-order valence-electron chi connectivity index (χ3n) is 6.91. The van der Waals surface area contributed by atoms with Crippen molar-refractivity contribution in [2.75, 3.05) is 0 Å². The molecule has 1 unspecified atom stereocenters. The number of nitrogens with one attached hydrogen (secondary N) is 2. The molecule has 0 aliphatic heterocycles. The summed E-state index contributed by atoms with van der Waals surface area (Å²) in [6.07, 6.45) is 5.14. The fourth-order valence-corrected chi connectivity index (χ4v) is 5.49. The molecular weight excluding hydrogens is 468 g/mol. The number of carbonyl (C=O) groups is 2. The molecule has 0 spiro atoms. The first-order valence-corrected chi connectivity index (χ1v) is 14.3. The Hall–Kier alpha value is -2.67. The van der Waals surface area contributed by atoms with Crippen molar-refractivity contribution in [2.45, 2.75) is 98.2 Å². The monoisotopic (exact) mass is 510 g/mol. The summed E-state index contributed by atoms with van der Waals surface area (Å²) in [6, 6.07) is 9.86. The predicted molar refractivity (Wildman–Crippen MR) is 150 cm³/mol. The summed E-state index contributed by atoms with van der Waals surface area (Å²) < 4.78 is 2.35. The van der Waals surface area contributed by atoms with Crippen molar-refractivity contribution in [3.8, 4) is 0 Å². The normalized spacial score (nSPS) is 12.6. The zero-order valence-electron chi connectivity index (χ0n) is 22.6. The van der Waals surface area contributed by atoms with E-state index in [1.54, 1.807) is 11.3 Å². The van der Waals surface area contributed by atoms with Crippen LogP contribution in [0.5, 0.6) is 0 Å². The van der Waals surface area contributed by atoms with Gasteiger partial charge in [0.05, 0.1) is 11.0 Å². The first-order valence-electron chi connectivity index (χ1n) is 13.4. The SMILES string of the molecule is CCC(CC)NC(=O)C(CC(C)C)NC(=O)c1ccc2c(c1)nc(Cc1cccs1)n2C(CC)CC. The average molecular weight is 511 g/mol. The molecule has 2 amide bonds. The first-order chi connectivity index (χ1) is 17.3. The Kier molecular flexibility index (Phi) is 10.1.